The predicted octanol–water partition coefficient (Wildman–Crippen LogP) is 1.09. The molecule has 0 spiro atoms. The third kappa shape index (κ3) is 42.1. The molecular weight excluding hydrogens is 492 g/mol. The van der Waals surface area contributed by atoms with Crippen LogP contribution >= 0.6 is 0 Å². The van der Waals surface area contributed by atoms with E-state index in [-0.39, 0.29) is 51.6 Å². The second kappa shape index (κ2) is 45.5. The van der Waals surface area contributed by atoms with Gasteiger partial charge in [-0.05, 0) is 18.9 Å². The summed E-state index contributed by atoms with van der Waals surface area (Å²) in [6, 6.07) is 0.0109. The van der Waals surface area contributed by atoms with Gasteiger partial charge in [-0.25, -0.2) is 0 Å². The Labute approximate surface area is 193 Å². The van der Waals surface area contributed by atoms with E-state index in [2.05, 4.69) is 81.4 Å². The molecule has 1 saturated heterocycles. The summed E-state index contributed by atoms with van der Waals surface area (Å²) in [6.07, 6.45) is 5.00. The first-order valence-electron chi connectivity index (χ1n) is 6.51. The van der Waals surface area contributed by atoms with Gasteiger partial charge in [0.2, 0.25) is 0 Å². The van der Waals surface area contributed by atoms with Gasteiger partial charge in [0.25, 0.3) is 0 Å². The molecule has 0 aliphatic carbocycles. The summed E-state index contributed by atoms with van der Waals surface area (Å²) in [5.74, 6) is -0.174. The van der Waals surface area contributed by atoms with Crippen molar-refractivity contribution in [2.45, 2.75) is 44.6 Å². The number of esters is 1. The maximum Gasteiger partial charge on any atom is 0 e. The van der Waals surface area contributed by atoms with Crippen LogP contribution < -0.4 is 5.32 Å². The third-order valence-electron chi connectivity index (χ3n) is 2.25. The Balaban J connectivity index is -0.0000000453. The summed E-state index contributed by atoms with van der Waals surface area (Å²) in [5, 5.41) is 3.19. The minimum atomic E-state index is -1.30. The van der Waals surface area contributed by atoms with Gasteiger partial charge in [-0.3, -0.25) is 10.1 Å². The largest absolute Gasteiger partial charge is 0 e. The Kier molecular flexibility index (Phi) is 80.0. The Bertz CT molecular complexity index is 447. The van der Waals surface area contributed by atoms with Crippen molar-refractivity contribution in [1.29, 1.82) is 0 Å². The molecule has 0 aromatic rings. The molecule has 1 aliphatic heterocycles. The monoisotopic (exact) mass is 511 g/mol. The summed E-state index contributed by atoms with van der Waals surface area (Å²) in [6.45, 7) is 33.6. The summed E-state index contributed by atoms with van der Waals surface area (Å²) in [5.41, 5.74) is 3.32. The number of carbonyl (C=O) groups excluding carboxylic acids is 1. The number of hydrogen-bond donors (Lipinski definition) is 1. The fraction of sp³-hybridized carbons (Fsp3) is 0.471. The summed E-state index contributed by atoms with van der Waals surface area (Å²) in [4.78, 5) is 11.2. The number of hydrogen-bond acceptors (Lipinski definition) is 3. The van der Waals surface area contributed by atoms with E-state index in [1.165, 1.54) is 7.11 Å². The fourth-order valence-corrected chi connectivity index (χ4v) is 2.10. The smallest absolute Gasteiger partial charge is 0 e. The average Bonchev–Trinajstić information content (AvgIpc) is 3.23. The van der Waals surface area contributed by atoms with Crippen molar-refractivity contribution in [2.75, 3.05) is 7.11 Å². The van der Waals surface area contributed by atoms with Gasteiger partial charge >= 0.3 is 73.8 Å². The zero-order chi connectivity index (χ0) is 23.5. The van der Waals surface area contributed by atoms with E-state index >= 15 is 0 Å². The van der Waals surface area contributed by atoms with E-state index in [0.29, 0.717) is 0 Å². The summed E-state index contributed by atoms with van der Waals surface area (Å²) in [7, 11) is 0.122. The average molecular weight is 511 g/mol. The van der Waals surface area contributed by atoms with Gasteiger partial charge in [0, 0.05) is 39.6 Å². The maximum absolute atomic E-state index is 11.2. The Morgan fingerprint density at radius 2 is 1.21 bits per heavy atom. The van der Waals surface area contributed by atoms with Crippen molar-refractivity contribution >= 4 is 14.0 Å². The van der Waals surface area contributed by atoms with Crippen molar-refractivity contribution in [1.82, 2.24) is 5.32 Å². The van der Waals surface area contributed by atoms with Crippen molar-refractivity contribution in [3.63, 3.8) is 0 Å². The van der Waals surface area contributed by atoms with E-state index in [1.54, 1.807) is 0 Å². The first kappa shape index (κ1) is 51.0. The van der Waals surface area contributed by atoms with Crippen molar-refractivity contribution in [3.8, 4) is 0 Å². The van der Waals surface area contributed by atoms with Crippen LogP contribution in [0.25, 0.3) is 0 Å². The molecule has 1 fully saturated rings. The van der Waals surface area contributed by atoms with Crippen LogP contribution in [0, 0.1) is 51.7 Å². The summed E-state index contributed by atoms with van der Waals surface area (Å²) < 4.78 is 49.7. The Hall–Kier alpha value is -1.16. The molecular formula is C17H19Co2NO8Si. The minimum Gasteiger partial charge on any atom is 0 e. The molecule has 12 heteroatoms. The predicted molar refractivity (Wildman–Crippen MR) is 85.4 cm³/mol. The normalized spacial score (nSPS) is 14.5. The first-order valence-corrected chi connectivity index (χ1v) is 10.0. The quantitative estimate of drug-likeness (QED) is 0.261. The van der Waals surface area contributed by atoms with Crippen LogP contribution in [0.2, 0.25) is 19.6 Å². The van der Waals surface area contributed by atoms with Gasteiger partial charge in [-0.15, -0.1) is 0 Å². The van der Waals surface area contributed by atoms with Gasteiger partial charge in [0.15, 0.2) is 0 Å². The molecule has 9 nitrogen and oxygen atoms in total. The number of nitrogens with one attached hydrogen (secondary N) is 1. The van der Waals surface area contributed by atoms with Gasteiger partial charge in [-0.2, -0.15) is 0 Å². The fourth-order valence-electron chi connectivity index (χ4n) is 1.49. The molecule has 0 amide bonds. The van der Waals surface area contributed by atoms with Crippen LogP contribution in [0.4, 0.5) is 0 Å². The van der Waals surface area contributed by atoms with Crippen LogP contribution in [-0.2, 0) is 71.0 Å². The van der Waals surface area contributed by atoms with Gasteiger partial charge in [0.1, 0.15) is 6.04 Å². The number of rotatable bonds is 3. The van der Waals surface area contributed by atoms with Crippen LogP contribution in [0.3, 0.4) is 0 Å². The zero-order valence-electron chi connectivity index (χ0n) is 16.0. The molecule has 0 saturated carbocycles. The second-order valence-electron chi connectivity index (χ2n) is 4.89. The van der Waals surface area contributed by atoms with Crippen LogP contribution in [0.15, 0.2) is 0 Å². The second-order valence-corrected chi connectivity index (χ2v) is 9.64. The van der Waals surface area contributed by atoms with Gasteiger partial charge < -0.3 is 4.74 Å². The molecule has 0 bridgehead atoms. The van der Waals surface area contributed by atoms with Crippen LogP contribution in [-0.4, -0.2) is 33.2 Å². The zero-order valence-corrected chi connectivity index (χ0v) is 19.1. The van der Waals surface area contributed by atoms with Crippen molar-refractivity contribution in [2.24, 2.45) is 0 Å². The van der Waals surface area contributed by atoms with E-state index in [0.717, 1.165) is 12.8 Å². The van der Waals surface area contributed by atoms with E-state index in [9.17, 15) is 4.79 Å². The third-order valence-corrected chi connectivity index (χ3v) is 3.15. The van der Waals surface area contributed by atoms with Crippen LogP contribution in [0.5, 0.6) is 0 Å². The topological polar surface area (TPSA) is 158 Å². The standard InChI is InChI=1S/C11H19NO2Si.6CO.2Co/c1-14-11(13)10-6-5-9(12-10)7-8-15(2,3)4;6*1-2;;/h9-10,12H,5-6H2,1-4H3;;;;;;;;/t9-,10+;;;;;;;;/m1......../s1. The molecule has 162 valence electrons. The Morgan fingerprint density at radius 3 is 1.48 bits per heavy atom. The molecule has 1 heterocycles. The SMILES string of the molecule is COC(=O)[C@@H]1CC[C@H]([C]=[C][Si](C)(C)C)N1.[C-]#[O+].[C-]#[O+].[C-]#[O+].[C-]#[O+].[C-]#[O+].[C-]#[O+].[Co].[Co]. The molecule has 0 aromatic carbocycles. The first-order chi connectivity index (χ1) is 12.9. The minimum absolute atomic E-state index is 0. The molecule has 1 N–H and O–H groups in total. The molecule has 0 aromatic heterocycles. The molecule has 0 unspecified atom stereocenters. The summed E-state index contributed by atoms with van der Waals surface area (Å²) >= 11 is 0. The van der Waals surface area contributed by atoms with Crippen molar-refractivity contribution in [3.05, 3.63) is 51.7 Å². The molecule has 29 heavy (non-hydrogen) atoms. The van der Waals surface area contributed by atoms with Crippen LogP contribution in [0.1, 0.15) is 12.8 Å². The number of ether oxygens (including phenoxy) is 1. The maximum atomic E-state index is 11.2. The van der Waals surface area contributed by atoms with Gasteiger partial charge in [0.05, 0.1) is 15.2 Å². The number of carbonyl (C=O) groups is 1. The van der Waals surface area contributed by atoms with Gasteiger partial charge in [-0.1, -0.05) is 25.3 Å². The van der Waals surface area contributed by atoms with E-state index in [4.69, 9.17) is 27.9 Å². The molecule has 2 atom stereocenters. The Morgan fingerprint density at radius 1 is 0.862 bits per heavy atom. The van der Waals surface area contributed by atoms with E-state index < -0.39 is 8.07 Å². The van der Waals surface area contributed by atoms with E-state index in [1.807, 2.05) is 0 Å². The molecule has 1 rings (SSSR count). The number of methoxy groups -OCH3 is 1. The molecule has 1 aliphatic rings. The molecule has 4 radical (unpaired) electrons. The van der Waals surface area contributed by atoms with Crippen molar-refractivity contribution < 1.29 is 71.0 Å².